The van der Waals surface area contributed by atoms with Gasteiger partial charge in [-0.1, -0.05) is 18.2 Å². The fourth-order valence-corrected chi connectivity index (χ4v) is 5.64. The molecule has 218 valence electrons. The molecule has 1 unspecified atom stereocenters. The maximum atomic E-state index is 16.0. The number of hydrogen-bond acceptors (Lipinski definition) is 12. The molecule has 1 aliphatic heterocycles. The second-order valence-electron chi connectivity index (χ2n) is 9.66. The largest absolute Gasteiger partial charge is 0.462 e. The van der Waals surface area contributed by atoms with E-state index < -0.39 is 56.6 Å². The number of nitrogen functional groups attached to an aromatic ring is 1. The molecule has 0 aliphatic carbocycles. The Morgan fingerprint density at radius 2 is 2.00 bits per heavy atom. The molecular formula is C24H33FN7O7P. The van der Waals surface area contributed by atoms with Gasteiger partial charge >= 0.3 is 13.7 Å². The lowest BCUT2D eigenvalue weighted by Crippen LogP contribution is -2.41. The lowest BCUT2D eigenvalue weighted by Gasteiger charge is -2.25. The molecule has 14 nitrogen and oxygen atoms in total. The van der Waals surface area contributed by atoms with Gasteiger partial charge in [0.05, 0.1) is 19.0 Å². The van der Waals surface area contributed by atoms with Crippen molar-refractivity contribution in [1.29, 1.82) is 0 Å². The summed E-state index contributed by atoms with van der Waals surface area (Å²) in [5.74, 6) is -0.243. The molecule has 40 heavy (non-hydrogen) atoms. The van der Waals surface area contributed by atoms with Crippen molar-refractivity contribution in [2.45, 2.75) is 63.9 Å². The van der Waals surface area contributed by atoms with Gasteiger partial charge in [0.15, 0.2) is 28.9 Å². The molecule has 0 radical (unpaired) electrons. The molecule has 1 aliphatic rings. The number of aliphatic hydroxyl groups is 1. The number of alkyl halides is 1. The number of benzene rings is 1. The van der Waals surface area contributed by atoms with E-state index in [2.05, 4.69) is 25.4 Å². The number of ether oxygens (including phenoxy) is 2. The number of halogens is 1. The summed E-state index contributed by atoms with van der Waals surface area (Å²) < 4.78 is 53.2. The number of nitrogens with zero attached hydrogens (tertiary/aromatic N) is 4. The first-order valence-corrected chi connectivity index (χ1v) is 14.1. The summed E-state index contributed by atoms with van der Waals surface area (Å²) in [6.07, 6.45) is -3.52. The number of fused-ring (bicyclic) bond motifs is 1. The van der Waals surface area contributed by atoms with Crippen molar-refractivity contribution in [1.82, 2.24) is 24.6 Å². The highest BCUT2D eigenvalue weighted by Crippen LogP contribution is 2.48. The summed E-state index contributed by atoms with van der Waals surface area (Å²) in [5, 5.41) is 16.2. The second kappa shape index (κ2) is 11.6. The molecule has 0 amide bonds. The predicted octanol–water partition coefficient (Wildman–Crippen LogP) is 2.57. The zero-order valence-corrected chi connectivity index (χ0v) is 23.5. The molecule has 4 rings (SSSR count). The van der Waals surface area contributed by atoms with Gasteiger partial charge in [-0.2, -0.15) is 15.1 Å². The number of imidazole rings is 1. The molecule has 5 N–H and O–H groups in total. The van der Waals surface area contributed by atoms with Crippen LogP contribution in [0, 0.1) is 0 Å². The van der Waals surface area contributed by atoms with Gasteiger partial charge in [-0.05, 0) is 39.8 Å². The Kier molecular flexibility index (Phi) is 8.61. The smallest absolute Gasteiger partial charge is 0.459 e. The predicted molar refractivity (Wildman–Crippen MR) is 143 cm³/mol. The van der Waals surface area contributed by atoms with Crippen LogP contribution in [0.25, 0.3) is 11.2 Å². The number of nitrogens with one attached hydrogen (secondary N) is 2. The molecule has 0 saturated carbocycles. The molecule has 6 atom stereocenters. The van der Waals surface area contributed by atoms with Crippen molar-refractivity contribution in [2.24, 2.45) is 0 Å². The number of rotatable bonds is 11. The van der Waals surface area contributed by atoms with Crippen molar-refractivity contribution < 1.29 is 37.4 Å². The van der Waals surface area contributed by atoms with E-state index in [-0.39, 0.29) is 17.3 Å². The number of hydrogen-bond donors (Lipinski definition) is 4. The monoisotopic (exact) mass is 581 g/mol. The highest BCUT2D eigenvalue weighted by molar-refractivity contribution is 7.52. The standard InChI is InChI=1S/C24H33FN7O7P/c1-13(2)37-21(34)14(3)31-40(35,39-15-9-7-6-8-10-15)36-11-16-18(33)24(4,25)22(38-16)32-12-28-17-19(27-5)29-23(26)30-20(17)32/h6-10,12-14,16,18,22,33H,11H2,1-5H3,(H,31,35)(H3,26,27,29,30)/t14-,16-,18-,22-,24-,40?/m1/s1. The van der Waals surface area contributed by atoms with Crippen LogP contribution in [0.2, 0.25) is 0 Å². The number of aromatic nitrogens is 4. The Labute approximate surface area is 230 Å². The van der Waals surface area contributed by atoms with Crippen LogP contribution >= 0.6 is 7.75 Å². The summed E-state index contributed by atoms with van der Waals surface area (Å²) >= 11 is 0. The lowest BCUT2D eigenvalue weighted by molar-refractivity contribution is -0.149. The Morgan fingerprint density at radius 3 is 2.65 bits per heavy atom. The van der Waals surface area contributed by atoms with Crippen LogP contribution < -0.4 is 20.7 Å². The number of nitrogens with two attached hydrogens (primary N) is 1. The van der Waals surface area contributed by atoms with Crippen LogP contribution in [0.5, 0.6) is 5.75 Å². The summed E-state index contributed by atoms with van der Waals surface area (Å²) in [6, 6.07) is 7.05. The molecule has 1 aromatic carbocycles. The van der Waals surface area contributed by atoms with Crippen molar-refractivity contribution >= 4 is 36.6 Å². The second-order valence-corrected chi connectivity index (χ2v) is 11.4. The fourth-order valence-electron chi connectivity index (χ4n) is 4.14. The maximum absolute atomic E-state index is 16.0. The zero-order valence-electron chi connectivity index (χ0n) is 22.6. The summed E-state index contributed by atoms with van der Waals surface area (Å²) in [4.78, 5) is 24.8. The van der Waals surface area contributed by atoms with Crippen LogP contribution in [0.15, 0.2) is 36.7 Å². The molecule has 0 spiro atoms. The van der Waals surface area contributed by atoms with Crippen LogP contribution in [-0.2, 0) is 23.4 Å². The lowest BCUT2D eigenvalue weighted by atomic mass is 9.98. The Hall–Kier alpha value is -3.36. The van der Waals surface area contributed by atoms with E-state index in [4.69, 9.17) is 24.3 Å². The average molecular weight is 582 g/mol. The molecule has 1 fully saturated rings. The average Bonchev–Trinajstić information content (AvgIpc) is 3.40. The van der Waals surface area contributed by atoms with Gasteiger partial charge in [-0.25, -0.2) is 13.9 Å². The van der Waals surface area contributed by atoms with Gasteiger partial charge in [0.25, 0.3) is 0 Å². The van der Waals surface area contributed by atoms with Gasteiger partial charge < -0.3 is 30.2 Å². The molecule has 16 heteroatoms. The van der Waals surface area contributed by atoms with E-state index in [1.54, 1.807) is 51.2 Å². The summed E-state index contributed by atoms with van der Waals surface area (Å²) in [7, 11) is -2.66. The van der Waals surface area contributed by atoms with Gasteiger partial charge in [0.2, 0.25) is 5.95 Å². The third-order valence-electron chi connectivity index (χ3n) is 6.08. The molecule has 3 aromatic rings. The zero-order chi connectivity index (χ0) is 29.2. The maximum Gasteiger partial charge on any atom is 0.459 e. The van der Waals surface area contributed by atoms with Crippen LogP contribution in [0.3, 0.4) is 0 Å². The number of esters is 1. The van der Waals surface area contributed by atoms with Crippen molar-refractivity contribution in [3.05, 3.63) is 36.7 Å². The number of carbonyl (C=O) groups excluding carboxylic acids is 1. The molecule has 0 bridgehead atoms. The van der Waals surface area contributed by atoms with Crippen LogP contribution in [-0.4, -0.2) is 74.3 Å². The van der Waals surface area contributed by atoms with E-state index in [0.29, 0.717) is 11.3 Å². The Bertz CT molecular complexity index is 1390. The van der Waals surface area contributed by atoms with Gasteiger partial charge in [0.1, 0.15) is 24.0 Å². The Balaban J connectivity index is 1.56. The number of para-hydroxylation sites is 1. The van der Waals surface area contributed by atoms with Crippen molar-refractivity contribution in [3.8, 4) is 5.75 Å². The normalized spacial score (nSPS) is 25.1. The minimum Gasteiger partial charge on any atom is -0.462 e. The Morgan fingerprint density at radius 1 is 1.30 bits per heavy atom. The first kappa shape index (κ1) is 29.6. The van der Waals surface area contributed by atoms with E-state index in [1.165, 1.54) is 17.8 Å². The first-order valence-electron chi connectivity index (χ1n) is 12.5. The third kappa shape index (κ3) is 6.18. The fraction of sp³-hybridized carbons (Fsp3) is 0.500. The highest BCUT2D eigenvalue weighted by Gasteiger charge is 2.56. The minimum absolute atomic E-state index is 0.0761. The van der Waals surface area contributed by atoms with Crippen molar-refractivity contribution in [3.63, 3.8) is 0 Å². The van der Waals surface area contributed by atoms with Crippen molar-refractivity contribution in [2.75, 3.05) is 24.7 Å². The molecule has 2 aromatic heterocycles. The third-order valence-corrected chi connectivity index (χ3v) is 7.72. The quantitative estimate of drug-likeness (QED) is 0.191. The van der Waals surface area contributed by atoms with Crippen LogP contribution in [0.4, 0.5) is 16.2 Å². The van der Waals surface area contributed by atoms with Gasteiger partial charge in [-0.15, -0.1) is 0 Å². The molecular weight excluding hydrogens is 548 g/mol. The highest BCUT2D eigenvalue weighted by atomic mass is 31.2. The SMILES string of the molecule is CNc1nc(N)nc2c1ncn2[C@@H]1O[C@H](COP(=O)(N[C@H](C)C(=O)OC(C)C)Oc2ccccc2)[C@@H](O)[C@@]1(C)F. The van der Waals surface area contributed by atoms with Crippen LogP contribution in [0.1, 0.15) is 33.9 Å². The number of anilines is 2. The molecule has 1 saturated heterocycles. The van der Waals surface area contributed by atoms with E-state index in [9.17, 15) is 14.5 Å². The number of carbonyl (C=O) groups is 1. The molecule has 3 heterocycles. The van der Waals surface area contributed by atoms with E-state index in [1.807, 2.05) is 0 Å². The number of aliphatic hydroxyl groups excluding tert-OH is 1. The summed E-state index contributed by atoms with van der Waals surface area (Å²) in [5.41, 5.74) is 3.94. The summed E-state index contributed by atoms with van der Waals surface area (Å²) in [6.45, 7) is 5.37. The first-order chi connectivity index (χ1) is 18.8. The van der Waals surface area contributed by atoms with Gasteiger partial charge in [0, 0.05) is 7.05 Å². The van der Waals surface area contributed by atoms with Gasteiger partial charge in [-0.3, -0.25) is 13.9 Å². The topological polar surface area (TPSA) is 185 Å². The minimum atomic E-state index is -4.28. The van der Waals surface area contributed by atoms with E-state index in [0.717, 1.165) is 6.92 Å². The van der Waals surface area contributed by atoms with E-state index >= 15 is 4.39 Å².